The van der Waals surface area contributed by atoms with E-state index in [2.05, 4.69) is 29.6 Å². The topological polar surface area (TPSA) is 12.0 Å². The van der Waals surface area contributed by atoms with E-state index < -0.39 is 0 Å². The second kappa shape index (κ2) is 7.05. The van der Waals surface area contributed by atoms with Crippen molar-refractivity contribution in [3.63, 3.8) is 0 Å². The van der Waals surface area contributed by atoms with Gasteiger partial charge in [-0.05, 0) is 55.6 Å². The first-order valence-corrected chi connectivity index (χ1v) is 6.73. The maximum absolute atomic E-state index is 13.3. The van der Waals surface area contributed by atoms with Gasteiger partial charge in [0.2, 0.25) is 0 Å². The third-order valence-electron chi connectivity index (χ3n) is 3.38. The monoisotopic (exact) mass is 257 g/mol. The van der Waals surface area contributed by atoms with Gasteiger partial charge in [-0.25, -0.2) is 4.39 Å². The second-order valence-corrected chi connectivity index (χ2v) is 4.83. The molecule has 0 saturated carbocycles. The highest BCUT2D eigenvalue weighted by atomic mass is 19.1. The molecular weight excluding hydrogens is 237 g/mol. The summed E-state index contributed by atoms with van der Waals surface area (Å²) < 4.78 is 13.3. The standard InChI is InChI=1S/C17H20FN/c1-19-11-10-16(15-7-3-2-4-8-15)12-14-6-5-9-17(18)13-14/h2-9,13,16,19H,10-12H2,1H3. The minimum Gasteiger partial charge on any atom is -0.320 e. The Labute approximate surface area is 114 Å². The lowest BCUT2D eigenvalue weighted by atomic mass is 9.89. The van der Waals surface area contributed by atoms with E-state index in [4.69, 9.17) is 0 Å². The van der Waals surface area contributed by atoms with Crippen molar-refractivity contribution < 1.29 is 4.39 Å². The summed E-state index contributed by atoms with van der Waals surface area (Å²) >= 11 is 0. The summed E-state index contributed by atoms with van der Waals surface area (Å²) in [6.45, 7) is 0.967. The van der Waals surface area contributed by atoms with Gasteiger partial charge in [-0.1, -0.05) is 42.5 Å². The van der Waals surface area contributed by atoms with E-state index in [1.165, 1.54) is 11.6 Å². The Morgan fingerprint density at radius 1 is 1.05 bits per heavy atom. The van der Waals surface area contributed by atoms with Crippen molar-refractivity contribution in [1.82, 2.24) is 5.32 Å². The van der Waals surface area contributed by atoms with E-state index in [1.807, 2.05) is 19.2 Å². The van der Waals surface area contributed by atoms with Crippen molar-refractivity contribution in [2.45, 2.75) is 18.8 Å². The molecule has 1 N–H and O–H groups in total. The highest BCUT2D eigenvalue weighted by molar-refractivity contribution is 5.24. The van der Waals surface area contributed by atoms with Gasteiger partial charge >= 0.3 is 0 Å². The van der Waals surface area contributed by atoms with Crippen LogP contribution < -0.4 is 5.32 Å². The van der Waals surface area contributed by atoms with Crippen LogP contribution in [0.25, 0.3) is 0 Å². The number of rotatable bonds is 6. The van der Waals surface area contributed by atoms with Crippen LogP contribution >= 0.6 is 0 Å². The number of halogens is 1. The molecule has 0 amide bonds. The quantitative estimate of drug-likeness (QED) is 0.830. The Morgan fingerprint density at radius 2 is 1.84 bits per heavy atom. The molecule has 1 nitrogen and oxygen atoms in total. The number of hydrogen-bond acceptors (Lipinski definition) is 1. The number of hydrogen-bond donors (Lipinski definition) is 1. The summed E-state index contributed by atoms with van der Waals surface area (Å²) in [6.07, 6.45) is 1.93. The molecule has 0 heterocycles. The summed E-state index contributed by atoms with van der Waals surface area (Å²) in [6, 6.07) is 17.4. The van der Waals surface area contributed by atoms with Crippen LogP contribution in [0, 0.1) is 5.82 Å². The molecule has 0 radical (unpaired) electrons. The van der Waals surface area contributed by atoms with Gasteiger partial charge in [-0.15, -0.1) is 0 Å². The van der Waals surface area contributed by atoms with Crippen molar-refractivity contribution in [1.29, 1.82) is 0 Å². The Morgan fingerprint density at radius 3 is 2.53 bits per heavy atom. The zero-order valence-electron chi connectivity index (χ0n) is 11.3. The van der Waals surface area contributed by atoms with Gasteiger partial charge in [0.15, 0.2) is 0 Å². The summed E-state index contributed by atoms with van der Waals surface area (Å²) in [4.78, 5) is 0. The van der Waals surface area contributed by atoms with E-state index in [9.17, 15) is 4.39 Å². The van der Waals surface area contributed by atoms with Gasteiger partial charge in [-0.3, -0.25) is 0 Å². The Balaban J connectivity index is 2.14. The molecule has 1 atom stereocenters. The first kappa shape index (κ1) is 13.8. The lowest BCUT2D eigenvalue weighted by Crippen LogP contribution is -2.14. The number of benzene rings is 2. The van der Waals surface area contributed by atoms with Crippen molar-refractivity contribution in [3.8, 4) is 0 Å². The van der Waals surface area contributed by atoms with Crippen molar-refractivity contribution in [3.05, 3.63) is 71.5 Å². The molecule has 2 aromatic carbocycles. The summed E-state index contributed by atoms with van der Waals surface area (Å²) in [5, 5.41) is 3.19. The van der Waals surface area contributed by atoms with E-state index in [0.717, 1.165) is 24.9 Å². The fourth-order valence-electron chi connectivity index (χ4n) is 2.38. The normalized spacial score (nSPS) is 12.3. The second-order valence-electron chi connectivity index (χ2n) is 4.83. The molecule has 0 saturated heterocycles. The average Bonchev–Trinajstić information content (AvgIpc) is 2.44. The molecule has 0 aromatic heterocycles. The molecule has 2 rings (SSSR count). The molecule has 0 aliphatic heterocycles. The minimum absolute atomic E-state index is 0.155. The first-order chi connectivity index (χ1) is 9.29. The van der Waals surface area contributed by atoms with Gasteiger partial charge in [0, 0.05) is 0 Å². The first-order valence-electron chi connectivity index (χ1n) is 6.73. The number of nitrogens with one attached hydrogen (secondary N) is 1. The molecule has 0 spiro atoms. The minimum atomic E-state index is -0.155. The van der Waals surface area contributed by atoms with Gasteiger partial charge in [0.05, 0.1) is 0 Å². The van der Waals surface area contributed by atoms with Gasteiger partial charge in [0.25, 0.3) is 0 Å². The predicted octanol–water partition coefficient (Wildman–Crippen LogP) is 3.76. The smallest absolute Gasteiger partial charge is 0.123 e. The highest BCUT2D eigenvalue weighted by Gasteiger charge is 2.12. The van der Waals surface area contributed by atoms with E-state index in [0.29, 0.717) is 5.92 Å². The van der Waals surface area contributed by atoms with Crippen LogP contribution in [-0.4, -0.2) is 13.6 Å². The molecule has 2 aromatic rings. The molecule has 19 heavy (non-hydrogen) atoms. The zero-order valence-corrected chi connectivity index (χ0v) is 11.3. The lowest BCUT2D eigenvalue weighted by molar-refractivity contribution is 0.586. The molecule has 100 valence electrons. The van der Waals surface area contributed by atoms with Gasteiger partial charge < -0.3 is 5.32 Å². The SMILES string of the molecule is CNCCC(Cc1cccc(F)c1)c1ccccc1. The lowest BCUT2D eigenvalue weighted by Gasteiger charge is -2.17. The van der Waals surface area contributed by atoms with Crippen molar-refractivity contribution >= 4 is 0 Å². The van der Waals surface area contributed by atoms with Crippen LogP contribution in [0.5, 0.6) is 0 Å². The average molecular weight is 257 g/mol. The fourth-order valence-corrected chi connectivity index (χ4v) is 2.38. The Kier molecular flexibility index (Phi) is 5.10. The van der Waals surface area contributed by atoms with Gasteiger partial charge in [-0.2, -0.15) is 0 Å². The Bertz CT molecular complexity index is 496. The van der Waals surface area contributed by atoms with E-state index in [1.54, 1.807) is 12.1 Å². The molecule has 0 aliphatic rings. The third-order valence-corrected chi connectivity index (χ3v) is 3.38. The maximum atomic E-state index is 13.3. The van der Waals surface area contributed by atoms with Crippen LogP contribution in [-0.2, 0) is 6.42 Å². The maximum Gasteiger partial charge on any atom is 0.123 e. The molecule has 0 aliphatic carbocycles. The molecular formula is C17H20FN. The predicted molar refractivity (Wildman–Crippen MR) is 77.8 cm³/mol. The highest BCUT2D eigenvalue weighted by Crippen LogP contribution is 2.24. The van der Waals surface area contributed by atoms with Gasteiger partial charge in [0.1, 0.15) is 5.82 Å². The summed E-state index contributed by atoms with van der Waals surface area (Å²) in [5.74, 6) is 0.272. The van der Waals surface area contributed by atoms with E-state index >= 15 is 0 Å². The molecule has 2 heteroatoms. The van der Waals surface area contributed by atoms with E-state index in [-0.39, 0.29) is 5.82 Å². The summed E-state index contributed by atoms with van der Waals surface area (Å²) in [7, 11) is 1.96. The molecule has 0 fully saturated rings. The van der Waals surface area contributed by atoms with Crippen LogP contribution in [0.15, 0.2) is 54.6 Å². The largest absolute Gasteiger partial charge is 0.320 e. The van der Waals surface area contributed by atoms with Crippen LogP contribution in [0.3, 0.4) is 0 Å². The zero-order chi connectivity index (χ0) is 13.5. The van der Waals surface area contributed by atoms with Crippen molar-refractivity contribution in [2.24, 2.45) is 0 Å². The van der Waals surface area contributed by atoms with Crippen LogP contribution in [0.2, 0.25) is 0 Å². The third kappa shape index (κ3) is 4.18. The summed E-state index contributed by atoms with van der Waals surface area (Å²) in [5.41, 5.74) is 2.38. The van der Waals surface area contributed by atoms with Crippen LogP contribution in [0.4, 0.5) is 4.39 Å². The molecule has 0 bridgehead atoms. The fraction of sp³-hybridized carbons (Fsp3) is 0.294. The Hall–Kier alpha value is -1.67. The molecule has 1 unspecified atom stereocenters. The van der Waals surface area contributed by atoms with Crippen molar-refractivity contribution in [2.75, 3.05) is 13.6 Å². The van der Waals surface area contributed by atoms with Crippen LogP contribution in [0.1, 0.15) is 23.5 Å².